The Hall–Kier alpha value is -2.67. The first-order valence-corrected chi connectivity index (χ1v) is 9.00. The van der Waals surface area contributed by atoms with Crippen molar-refractivity contribution in [1.29, 1.82) is 0 Å². The Kier molecular flexibility index (Phi) is 4.46. The minimum absolute atomic E-state index is 0.00797. The summed E-state index contributed by atoms with van der Waals surface area (Å²) in [4.78, 5) is 21.7. The zero-order valence-corrected chi connectivity index (χ0v) is 15.1. The normalized spacial score (nSPS) is 19.9. The van der Waals surface area contributed by atoms with E-state index < -0.39 is 0 Å². The number of carbonyl (C=O) groups is 1. The van der Waals surface area contributed by atoms with Crippen LogP contribution in [0.5, 0.6) is 0 Å². The Balaban J connectivity index is 1.45. The first-order valence-electron chi connectivity index (χ1n) is 9.00. The summed E-state index contributed by atoms with van der Waals surface area (Å²) < 4.78 is 9.83. The minimum Gasteiger partial charge on any atom is -0.369 e. The summed E-state index contributed by atoms with van der Waals surface area (Å²) in [7, 11) is 0. The van der Waals surface area contributed by atoms with Crippen LogP contribution in [0.2, 0.25) is 0 Å². The van der Waals surface area contributed by atoms with Crippen LogP contribution in [-0.4, -0.2) is 31.4 Å². The van der Waals surface area contributed by atoms with Crippen molar-refractivity contribution in [3.05, 3.63) is 54.0 Å². The number of hydrogen-bond donors (Lipinski definition) is 1. The van der Waals surface area contributed by atoms with E-state index in [2.05, 4.69) is 22.2 Å². The molecule has 0 saturated carbocycles. The molecule has 0 bridgehead atoms. The van der Waals surface area contributed by atoms with Gasteiger partial charge in [-0.05, 0) is 31.9 Å². The average Bonchev–Trinajstić information content (AvgIpc) is 3.36. The van der Waals surface area contributed by atoms with Gasteiger partial charge in [-0.2, -0.15) is 0 Å². The molecule has 3 aromatic rings. The second kappa shape index (κ2) is 6.92. The molecule has 4 heterocycles. The summed E-state index contributed by atoms with van der Waals surface area (Å²) in [5.74, 6) is 0.599. The molecule has 7 nitrogen and oxygen atoms in total. The van der Waals surface area contributed by atoms with E-state index in [1.165, 1.54) is 5.56 Å². The van der Waals surface area contributed by atoms with Crippen LogP contribution >= 0.6 is 0 Å². The highest BCUT2D eigenvalue weighted by Crippen LogP contribution is 2.33. The van der Waals surface area contributed by atoms with E-state index >= 15 is 0 Å². The molecule has 3 aromatic heterocycles. The second-order valence-corrected chi connectivity index (χ2v) is 6.68. The van der Waals surface area contributed by atoms with E-state index in [4.69, 9.17) is 4.74 Å². The van der Waals surface area contributed by atoms with Crippen molar-refractivity contribution in [2.75, 3.05) is 6.61 Å². The number of pyridine rings is 1. The molecular weight excluding hydrogens is 330 g/mol. The van der Waals surface area contributed by atoms with Crippen molar-refractivity contribution in [1.82, 2.24) is 24.3 Å². The van der Waals surface area contributed by atoms with Crippen molar-refractivity contribution < 1.29 is 9.53 Å². The van der Waals surface area contributed by atoms with Crippen LogP contribution in [0, 0.1) is 12.8 Å². The number of imidazole rings is 2. The largest absolute Gasteiger partial charge is 0.369 e. The maximum absolute atomic E-state index is 12.7. The summed E-state index contributed by atoms with van der Waals surface area (Å²) in [6.45, 7) is 5.89. The number of amides is 1. The highest BCUT2D eigenvalue weighted by molar-refractivity contribution is 5.79. The third kappa shape index (κ3) is 3.10. The van der Waals surface area contributed by atoms with Gasteiger partial charge in [0.05, 0.1) is 18.2 Å². The summed E-state index contributed by atoms with van der Waals surface area (Å²) in [6, 6.07) is 4.01. The van der Waals surface area contributed by atoms with E-state index in [1.807, 2.05) is 46.6 Å². The molecule has 1 aliphatic heterocycles. The molecule has 4 rings (SSSR count). The number of nitrogens with one attached hydrogen (secondary N) is 1. The molecule has 0 radical (unpaired) electrons. The molecule has 136 valence electrons. The van der Waals surface area contributed by atoms with Gasteiger partial charge < -0.3 is 19.0 Å². The fraction of sp³-hybridized carbons (Fsp3) is 0.421. The summed E-state index contributed by atoms with van der Waals surface area (Å²) in [6.07, 6.45) is 8.08. The fourth-order valence-corrected chi connectivity index (χ4v) is 3.51. The first kappa shape index (κ1) is 16.8. The maximum atomic E-state index is 12.7. The standard InChI is InChI=1S/C19H23N5O2/c1-3-23-8-7-20-18(23)17-15(6-9-26-17)19(25)21-10-14-12-24-11-13(2)4-5-16(24)22-14/h4-5,7-8,11-12,15,17H,3,6,9-10H2,1-2H3,(H,21,25)/t15-,17-/m1/s1. The number of carbonyl (C=O) groups excluding carboxylic acids is 1. The number of fused-ring (bicyclic) bond motifs is 1. The van der Waals surface area contributed by atoms with Gasteiger partial charge in [-0.25, -0.2) is 9.97 Å². The molecule has 7 heteroatoms. The van der Waals surface area contributed by atoms with Gasteiger partial charge in [-0.3, -0.25) is 4.79 Å². The smallest absolute Gasteiger partial charge is 0.226 e. The van der Waals surface area contributed by atoms with E-state index in [-0.39, 0.29) is 17.9 Å². The predicted octanol–water partition coefficient (Wildman–Crippen LogP) is 2.25. The number of ether oxygens (including phenoxy) is 1. The van der Waals surface area contributed by atoms with Crippen molar-refractivity contribution >= 4 is 11.6 Å². The molecule has 0 aromatic carbocycles. The van der Waals surface area contributed by atoms with Crippen molar-refractivity contribution in [3.63, 3.8) is 0 Å². The number of aryl methyl sites for hydroxylation is 2. The van der Waals surface area contributed by atoms with Crippen molar-refractivity contribution in [2.45, 2.75) is 39.5 Å². The first-order chi connectivity index (χ1) is 12.7. The fourth-order valence-electron chi connectivity index (χ4n) is 3.51. The maximum Gasteiger partial charge on any atom is 0.226 e. The third-order valence-electron chi connectivity index (χ3n) is 4.86. The zero-order chi connectivity index (χ0) is 18.1. The summed E-state index contributed by atoms with van der Waals surface area (Å²) in [5, 5.41) is 3.01. The number of nitrogens with zero attached hydrogens (tertiary/aromatic N) is 4. The Morgan fingerprint density at radius 2 is 2.27 bits per heavy atom. The lowest BCUT2D eigenvalue weighted by atomic mass is 10.00. The van der Waals surface area contributed by atoms with Crippen LogP contribution in [0.15, 0.2) is 36.9 Å². The van der Waals surface area contributed by atoms with Gasteiger partial charge in [0.2, 0.25) is 5.91 Å². The number of aromatic nitrogens is 4. The van der Waals surface area contributed by atoms with Gasteiger partial charge >= 0.3 is 0 Å². The van der Waals surface area contributed by atoms with E-state index in [0.717, 1.165) is 23.7 Å². The lowest BCUT2D eigenvalue weighted by Crippen LogP contribution is -2.32. The zero-order valence-electron chi connectivity index (χ0n) is 15.1. The Bertz CT molecular complexity index is 929. The Labute approximate surface area is 152 Å². The highest BCUT2D eigenvalue weighted by atomic mass is 16.5. The van der Waals surface area contributed by atoms with Gasteiger partial charge in [0, 0.05) is 37.9 Å². The van der Waals surface area contributed by atoms with Crippen LogP contribution in [0.25, 0.3) is 5.65 Å². The van der Waals surface area contributed by atoms with Gasteiger partial charge in [-0.15, -0.1) is 0 Å². The van der Waals surface area contributed by atoms with Crippen molar-refractivity contribution in [3.8, 4) is 0 Å². The summed E-state index contributed by atoms with van der Waals surface area (Å²) >= 11 is 0. The molecule has 0 spiro atoms. The number of hydrogen-bond acceptors (Lipinski definition) is 4. The van der Waals surface area contributed by atoms with Gasteiger partial charge in [0.15, 0.2) is 0 Å². The molecule has 1 aliphatic rings. The summed E-state index contributed by atoms with van der Waals surface area (Å²) in [5.41, 5.74) is 2.89. The molecule has 2 atom stereocenters. The molecule has 1 amide bonds. The van der Waals surface area contributed by atoms with E-state index in [9.17, 15) is 4.79 Å². The minimum atomic E-state index is -0.284. The molecular formula is C19H23N5O2. The SMILES string of the molecule is CCn1ccnc1[C@@H]1OCC[C@H]1C(=O)NCc1cn2cc(C)ccc2n1. The average molecular weight is 353 g/mol. The van der Waals surface area contributed by atoms with Gasteiger partial charge in [0.1, 0.15) is 17.6 Å². The topological polar surface area (TPSA) is 73.5 Å². The van der Waals surface area contributed by atoms with E-state index in [0.29, 0.717) is 19.6 Å². The molecule has 0 aliphatic carbocycles. The third-order valence-corrected chi connectivity index (χ3v) is 4.86. The van der Waals surface area contributed by atoms with Crippen molar-refractivity contribution in [2.24, 2.45) is 5.92 Å². The van der Waals surface area contributed by atoms with Crippen LogP contribution in [0.1, 0.15) is 36.5 Å². The highest BCUT2D eigenvalue weighted by Gasteiger charge is 2.37. The van der Waals surface area contributed by atoms with Crippen LogP contribution in [-0.2, 0) is 22.6 Å². The predicted molar refractivity (Wildman–Crippen MR) is 96.5 cm³/mol. The van der Waals surface area contributed by atoms with Gasteiger partial charge in [-0.1, -0.05) is 6.07 Å². The Morgan fingerprint density at radius 1 is 1.38 bits per heavy atom. The molecule has 1 saturated heterocycles. The quantitative estimate of drug-likeness (QED) is 0.763. The lowest BCUT2D eigenvalue weighted by molar-refractivity contribution is -0.127. The monoisotopic (exact) mass is 353 g/mol. The molecule has 26 heavy (non-hydrogen) atoms. The van der Waals surface area contributed by atoms with E-state index in [1.54, 1.807) is 6.20 Å². The number of rotatable bonds is 5. The Morgan fingerprint density at radius 3 is 3.12 bits per heavy atom. The molecule has 1 N–H and O–H groups in total. The lowest BCUT2D eigenvalue weighted by Gasteiger charge is -2.18. The second-order valence-electron chi connectivity index (χ2n) is 6.68. The van der Waals surface area contributed by atoms with Crippen LogP contribution in [0.3, 0.4) is 0 Å². The van der Waals surface area contributed by atoms with Crippen LogP contribution < -0.4 is 5.32 Å². The van der Waals surface area contributed by atoms with Gasteiger partial charge in [0.25, 0.3) is 0 Å². The molecule has 1 fully saturated rings. The molecule has 0 unspecified atom stereocenters. The van der Waals surface area contributed by atoms with Crippen LogP contribution in [0.4, 0.5) is 0 Å².